The fourth-order valence-electron chi connectivity index (χ4n) is 4.37. The van der Waals surface area contributed by atoms with E-state index >= 15 is 0 Å². The van der Waals surface area contributed by atoms with Crippen molar-refractivity contribution in [1.29, 1.82) is 0 Å². The predicted molar refractivity (Wildman–Crippen MR) is 84.2 cm³/mol. The van der Waals surface area contributed by atoms with Crippen LogP contribution in [-0.4, -0.2) is 36.5 Å². The molecule has 2 saturated heterocycles. The summed E-state index contributed by atoms with van der Waals surface area (Å²) in [6.45, 7) is 5.38. The van der Waals surface area contributed by atoms with Gasteiger partial charge in [0.2, 0.25) is 5.91 Å². The molecule has 4 heteroatoms. The van der Waals surface area contributed by atoms with E-state index in [1.807, 2.05) is 0 Å². The number of piperidine rings is 1. The Labute approximate surface area is 129 Å². The molecule has 0 radical (unpaired) electrons. The number of rotatable bonds is 2. The summed E-state index contributed by atoms with van der Waals surface area (Å²) in [7, 11) is 0. The van der Waals surface area contributed by atoms with Crippen molar-refractivity contribution in [2.75, 3.05) is 19.6 Å². The Balaban J connectivity index is 0.00000147. The lowest BCUT2D eigenvalue weighted by Gasteiger charge is -2.38. The normalized spacial score (nSPS) is 30.2. The number of halogens is 1. The smallest absolute Gasteiger partial charge is 0.228 e. The number of carbonyl (C=O) groups is 1. The average molecular weight is 301 g/mol. The highest BCUT2D eigenvalue weighted by molar-refractivity contribution is 5.85. The van der Waals surface area contributed by atoms with Crippen molar-refractivity contribution in [1.82, 2.24) is 10.2 Å². The summed E-state index contributed by atoms with van der Waals surface area (Å²) >= 11 is 0. The minimum absolute atomic E-state index is 0. The Bertz CT molecular complexity index is 327. The van der Waals surface area contributed by atoms with E-state index in [4.69, 9.17) is 0 Å². The summed E-state index contributed by atoms with van der Waals surface area (Å²) < 4.78 is 0. The second-order valence-electron chi connectivity index (χ2n) is 7.10. The zero-order valence-corrected chi connectivity index (χ0v) is 13.5. The highest BCUT2D eigenvalue weighted by Crippen LogP contribution is 2.40. The van der Waals surface area contributed by atoms with Crippen LogP contribution in [0.4, 0.5) is 0 Å². The van der Waals surface area contributed by atoms with Gasteiger partial charge in [0.15, 0.2) is 0 Å². The van der Waals surface area contributed by atoms with E-state index in [0.29, 0.717) is 5.91 Å². The van der Waals surface area contributed by atoms with Crippen molar-refractivity contribution in [3.05, 3.63) is 0 Å². The predicted octanol–water partition coefficient (Wildman–Crippen LogP) is 2.98. The maximum absolute atomic E-state index is 12.7. The first-order valence-corrected chi connectivity index (χ1v) is 8.22. The molecule has 1 saturated carbocycles. The van der Waals surface area contributed by atoms with Crippen molar-refractivity contribution in [2.45, 2.75) is 64.3 Å². The fourth-order valence-corrected chi connectivity index (χ4v) is 4.37. The van der Waals surface area contributed by atoms with E-state index in [0.717, 1.165) is 37.9 Å². The summed E-state index contributed by atoms with van der Waals surface area (Å²) in [6.07, 6.45) is 9.79. The van der Waals surface area contributed by atoms with Crippen molar-refractivity contribution >= 4 is 18.3 Å². The third-order valence-corrected chi connectivity index (χ3v) is 5.72. The molecule has 0 aromatic heterocycles. The molecule has 3 nitrogen and oxygen atoms in total. The van der Waals surface area contributed by atoms with Gasteiger partial charge in [-0.25, -0.2) is 0 Å². The van der Waals surface area contributed by atoms with Gasteiger partial charge >= 0.3 is 0 Å². The van der Waals surface area contributed by atoms with Crippen LogP contribution in [0.25, 0.3) is 0 Å². The van der Waals surface area contributed by atoms with E-state index in [1.165, 1.54) is 45.1 Å². The molecule has 1 aliphatic carbocycles. The van der Waals surface area contributed by atoms with E-state index < -0.39 is 0 Å². The van der Waals surface area contributed by atoms with E-state index in [9.17, 15) is 4.79 Å². The summed E-state index contributed by atoms with van der Waals surface area (Å²) in [4.78, 5) is 14.8. The van der Waals surface area contributed by atoms with Crippen LogP contribution in [-0.2, 0) is 4.79 Å². The molecule has 20 heavy (non-hydrogen) atoms. The first-order chi connectivity index (χ1) is 9.19. The third kappa shape index (κ3) is 3.14. The zero-order valence-electron chi connectivity index (χ0n) is 12.7. The largest absolute Gasteiger partial charge is 0.342 e. The number of likely N-dealkylation sites (tertiary alicyclic amines) is 1. The van der Waals surface area contributed by atoms with E-state index in [1.54, 1.807) is 0 Å². The lowest BCUT2D eigenvalue weighted by molar-refractivity contribution is -0.142. The molecular formula is C16H29ClN2O. The molecule has 3 fully saturated rings. The SMILES string of the molecule is CC1(C(=O)N2CCC(C3CCCN3)CC2)CCCC1.Cl. The van der Waals surface area contributed by atoms with Crippen LogP contribution in [0.5, 0.6) is 0 Å². The van der Waals surface area contributed by atoms with Gasteiger partial charge < -0.3 is 10.2 Å². The second-order valence-corrected chi connectivity index (χ2v) is 7.10. The molecule has 1 amide bonds. The van der Waals surface area contributed by atoms with Gasteiger partial charge in [0.05, 0.1) is 0 Å². The molecule has 0 spiro atoms. The van der Waals surface area contributed by atoms with Gasteiger partial charge in [-0.15, -0.1) is 12.4 Å². The zero-order chi connectivity index (χ0) is 13.3. The Kier molecular flexibility index (Phi) is 5.36. The molecule has 0 bridgehead atoms. The lowest BCUT2D eigenvalue weighted by Crippen LogP contribution is -2.47. The quantitative estimate of drug-likeness (QED) is 0.850. The molecule has 0 aromatic carbocycles. The summed E-state index contributed by atoms with van der Waals surface area (Å²) in [6, 6.07) is 0.735. The van der Waals surface area contributed by atoms with Crippen molar-refractivity contribution in [3.63, 3.8) is 0 Å². The van der Waals surface area contributed by atoms with E-state index in [-0.39, 0.29) is 17.8 Å². The first kappa shape index (κ1) is 16.1. The monoisotopic (exact) mass is 300 g/mol. The third-order valence-electron chi connectivity index (χ3n) is 5.72. The van der Waals surface area contributed by atoms with Crippen molar-refractivity contribution in [3.8, 4) is 0 Å². The Morgan fingerprint density at radius 1 is 1.10 bits per heavy atom. The number of hydrogen-bond acceptors (Lipinski definition) is 2. The van der Waals surface area contributed by atoms with Gasteiger partial charge in [-0.3, -0.25) is 4.79 Å². The Morgan fingerprint density at radius 2 is 1.75 bits per heavy atom. The number of carbonyl (C=O) groups excluding carboxylic acids is 1. The molecule has 2 aliphatic heterocycles. The number of nitrogens with zero attached hydrogens (tertiary/aromatic N) is 1. The van der Waals surface area contributed by atoms with Crippen molar-refractivity contribution in [2.24, 2.45) is 11.3 Å². The minimum Gasteiger partial charge on any atom is -0.342 e. The highest BCUT2D eigenvalue weighted by Gasteiger charge is 2.40. The summed E-state index contributed by atoms with van der Waals surface area (Å²) in [5, 5.41) is 3.63. The fraction of sp³-hybridized carbons (Fsp3) is 0.938. The molecule has 3 rings (SSSR count). The van der Waals surface area contributed by atoms with Gasteiger partial charge in [-0.2, -0.15) is 0 Å². The highest BCUT2D eigenvalue weighted by atomic mass is 35.5. The van der Waals surface area contributed by atoms with Gasteiger partial charge in [0.1, 0.15) is 0 Å². The standard InChI is InChI=1S/C16H28N2O.ClH/c1-16(8-2-3-9-16)15(19)18-11-6-13(7-12-18)14-5-4-10-17-14;/h13-14,17H,2-12H2,1H3;1H. The minimum atomic E-state index is -0.0293. The molecular weight excluding hydrogens is 272 g/mol. The molecule has 0 aromatic rings. The average Bonchev–Trinajstić information content (AvgIpc) is 3.10. The molecule has 1 N–H and O–H groups in total. The maximum Gasteiger partial charge on any atom is 0.228 e. The van der Waals surface area contributed by atoms with Gasteiger partial charge in [0, 0.05) is 24.5 Å². The Morgan fingerprint density at radius 3 is 2.30 bits per heavy atom. The van der Waals surface area contributed by atoms with Crippen LogP contribution in [0.3, 0.4) is 0 Å². The van der Waals surface area contributed by atoms with Crippen molar-refractivity contribution < 1.29 is 4.79 Å². The first-order valence-electron chi connectivity index (χ1n) is 8.22. The van der Waals surface area contributed by atoms with E-state index in [2.05, 4.69) is 17.1 Å². The Hall–Kier alpha value is -0.280. The number of hydrogen-bond donors (Lipinski definition) is 1. The molecule has 1 unspecified atom stereocenters. The number of amides is 1. The van der Waals surface area contributed by atoms with Gasteiger partial charge in [-0.05, 0) is 51.0 Å². The lowest BCUT2D eigenvalue weighted by atomic mass is 9.84. The van der Waals surface area contributed by atoms with Crippen LogP contribution >= 0.6 is 12.4 Å². The molecule has 2 heterocycles. The van der Waals surface area contributed by atoms with Crippen LogP contribution in [0.15, 0.2) is 0 Å². The van der Waals surface area contributed by atoms with Gasteiger partial charge in [0.25, 0.3) is 0 Å². The van der Waals surface area contributed by atoms with Crippen LogP contribution in [0.1, 0.15) is 58.3 Å². The van der Waals surface area contributed by atoms with Crippen LogP contribution in [0.2, 0.25) is 0 Å². The number of nitrogens with one attached hydrogen (secondary N) is 1. The molecule has 116 valence electrons. The van der Waals surface area contributed by atoms with Gasteiger partial charge in [-0.1, -0.05) is 19.8 Å². The molecule has 1 atom stereocenters. The maximum atomic E-state index is 12.7. The summed E-state index contributed by atoms with van der Waals surface area (Å²) in [5.74, 6) is 1.26. The summed E-state index contributed by atoms with van der Waals surface area (Å²) in [5.41, 5.74) is -0.0293. The van der Waals surface area contributed by atoms with Crippen LogP contribution < -0.4 is 5.32 Å². The topological polar surface area (TPSA) is 32.3 Å². The molecule has 3 aliphatic rings. The second kappa shape index (κ2) is 6.65. The van der Waals surface area contributed by atoms with Crippen LogP contribution in [0, 0.1) is 11.3 Å².